The van der Waals surface area contributed by atoms with Gasteiger partial charge >= 0.3 is 6.03 Å². The molecular formula is C40H55N13O12. The van der Waals surface area contributed by atoms with Gasteiger partial charge in [0.2, 0.25) is 59.1 Å². The average Bonchev–Trinajstić information content (AvgIpc) is 3.96. The second-order valence-electron chi connectivity index (χ2n) is 16.1. The monoisotopic (exact) mass is 909 g/mol. The molecule has 2 aliphatic heterocycles. The molecule has 1 aromatic heterocycles. The molecule has 1 unspecified atom stereocenters. The maximum atomic E-state index is 14.6. The van der Waals surface area contributed by atoms with Gasteiger partial charge in [-0.1, -0.05) is 32.0 Å². The van der Waals surface area contributed by atoms with Gasteiger partial charge in [-0.05, 0) is 43.2 Å². The summed E-state index contributed by atoms with van der Waals surface area (Å²) in [5, 5.41) is 17.3. The van der Waals surface area contributed by atoms with Gasteiger partial charge in [-0.2, -0.15) is 0 Å². The summed E-state index contributed by atoms with van der Waals surface area (Å²) in [5.41, 5.74) is 22.6. The van der Waals surface area contributed by atoms with E-state index in [4.69, 9.17) is 22.9 Å². The topological polar surface area (TPSA) is 412 Å². The summed E-state index contributed by atoms with van der Waals surface area (Å²) < 4.78 is 0. The quantitative estimate of drug-likeness (QED) is 0.0442. The molecule has 0 aliphatic carbocycles. The number of nitrogens with zero attached hydrogens (tertiary/aromatic N) is 1. The Kier molecular flexibility index (Phi) is 17.4. The number of aromatic nitrogens is 1. The Morgan fingerprint density at radius 1 is 0.754 bits per heavy atom. The van der Waals surface area contributed by atoms with E-state index in [1.54, 1.807) is 44.3 Å². The molecule has 3 heterocycles. The van der Waals surface area contributed by atoms with E-state index in [9.17, 15) is 57.5 Å². The highest BCUT2D eigenvalue weighted by atomic mass is 16.2. The zero-order valence-corrected chi connectivity index (χ0v) is 35.7. The molecule has 2 saturated heterocycles. The second kappa shape index (κ2) is 22.7. The molecule has 7 atom stereocenters. The van der Waals surface area contributed by atoms with Gasteiger partial charge in [0.05, 0.1) is 12.8 Å². The van der Waals surface area contributed by atoms with Gasteiger partial charge in [0.1, 0.15) is 42.3 Å². The van der Waals surface area contributed by atoms with E-state index in [2.05, 4.69) is 36.9 Å². The van der Waals surface area contributed by atoms with Crippen LogP contribution in [0.2, 0.25) is 0 Å². The number of nitrogens with two attached hydrogens (primary N) is 4. The number of nitrogens with one attached hydrogen (secondary N) is 8. The number of H-pyrrole nitrogens is 1. The van der Waals surface area contributed by atoms with Gasteiger partial charge in [-0.25, -0.2) is 4.79 Å². The van der Waals surface area contributed by atoms with Crippen molar-refractivity contribution >= 4 is 81.9 Å². The Morgan fingerprint density at radius 2 is 1.37 bits per heavy atom. The number of benzene rings is 1. The number of para-hydroxylation sites is 1. The molecule has 352 valence electrons. The van der Waals surface area contributed by atoms with Crippen LogP contribution in [0.1, 0.15) is 70.8 Å². The van der Waals surface area contributed by atoms with E-state index in [0.29, 0.717) is 22.9 Å². The van der Waals surface area contributed by atoms with Crippen molar-refractivity contribution in [3.63, 3.8) is 0 Å². The lowest BCUT2D eigenvalue weighted by molar-refractivity contribution is -0.142. The first-order chi connectivity index (χ1) is 30.6. The van der Waals surface area contributed by atoms with Crippen LogP contribution in [0.3, 0.4) is 0 Å². The summed E-state index contributed by atoms with van der Waals surface area (Å²) in [6.45, 7) is 3.16. The van der Waals surface area contributed by atoms with Crippen molar-refractivity contribution < 1.29 is 57.5 Å². The number of amides is 13. The molecule has 0 bridgehead atoms. The highest BCUT2D eigenvalue weighted by Crippen LogP contribution is 2.23. The fraction of sp³-hybridized carbons (Fsp3) is 0.500. The molecule has 0 saturated carbocycles. The van der Waals surface area contributed by atoms with Crippen molar-refractivity contribution in [3.8, 4) is 0 Å². The molecule has 2 fully saturated rings. The van der Waals surface area contributed by atoms with E-state index in [0.717, 1.165) is 0 Å². The smallest absolute Gasteiger partial charge is 0.322 e. The molecule has 2 aromatic rings. The normalized spacial score (nSPS) is 18.0. The van der Waals surface area contributed by atoms with Crippen LogP contribution in [0.15, 0.2) is 30.5 Å². The fourth-order valence-corrected chi connectivity index (χ4v) is 7.39. The standard InChI is InChI=1S/C40H55N13O12/c1-18(2)32(51-31(57)16-25-36(61)52-40(65)50-25)38(63)48-24(15-30(43)56)35(60)49-26(14-19-17-45-21-7-4-3-6-20(19)21)39(64)53-13-5-8-27(53)37(62)47-23(10-12-29(42)55)34(59)46-22(33(44)58)9-11-28(41)54/h3-4,6-7,17-18,22-27,32,45H,5,8-16H2,1-2H3,(H2,41,54)(H2,42,55)(H2,43,56)(H2,44,58)(H,46,59)(H,47,62)(H,48,63)(H,49,60)(H,51,57)(H2,50,52,61,65)/t22-,23-,24+,25?,26-,27-,32-/m0/s1. The van der Waals surface area contributed by atoms with Gasteiger partial charge < -0.3 is 64.7 Å². The van der Waals surface area contributed by atoms with E-state index in [1.807, 2.05) is 5.32 Å². The maximum Gasteiger partial charge on any atom is 0.322 e. The van der Waals surface area contributed by atoms with Crippen LogP contribution in [0.5, 0.6) is 0 Å². The molecule has 0 spiro atoms. The van der Waals surface area contributed by atoms with E-state index >= 15 is 0 Å². The van der Waals surface area contributed by atoms with Crippen molar-refractivity contribution in [3.05, 3.63) is 36.0 Å². The summed E-state index contributed by atoms with van der Waals surface area (Å²) in [4.78, 5) is 158. The number of rotatable bonds is 24. The third kappa shape index (κ3) is 14.2. The van der Waals surface area contributed by atoms with E-state index < -0.39 is 132 Å². The van der Waals surface area contributed by atoms with Crippen LogP contribution < -0.4 is 60.2 Å². The van der Waals surface area contributed by atoms with Crippen LogP contribution in [-0.4, -0.2) is 130 Å². The third-order valence-corrected chi connectivity index (χ3v) is 10.8. The minimum absolute atomic E-state index is 0.00953. The summed E-state index contributed by atoms with van der Waals surface area (Å²) in [6, 6.07) is -3.41. The van der Waals surface area contributed by atoms with Crippen molar-refractivity contribution in [1.82, 2.24) is 47.1 Å². The number of aromatic amines is 1. The molecule has 25 heteroatoms. The number of carbonyl (C=O) groups excluding carboxylic acids is 12. The Hall–Kier alpha value is -7.60. The van der Waals surface area contributed by atoms with Crippen LogP contribution in [-0.2, 0) is 59.2 Å². The van der Waals surface area contributed by atoms with Crippen LogP contribution >= 0.6 is 0 Å². The first kappa shape index (κ1) is 50.0. The van der Waals surface area contributed by atoms with Crippen molar-refractivity contribution in [2.45, 2.75) is 114 Å². The number of hydrogen-bond donors (Lipinski definition) is 12. The molecule has 16 N–H and O–H groups in total. The van der Waals surface area contributed by atoms with Crippen LogP contribution in [0.4, 0.5) is 4.79 Å². The van der Waals surface area contributed by atoms with Crippen molar-refractivity contribution in [2.75, 3.05) is 6.54 Å². The minimum atomic E-state index is -1.69. The predicted molar refractivity (Wildman–Crippen MR) is 226 cm³/mol. The lowest BCUT2D eigenvalue weighted by atomic mass is 10.0. The number of urea groups is 1. The lowest BCUT2D eigenvalue weighted by Crippen LogP contribution is -2.60. The Labute approximate surface area is 371 Å². The molecule has 25 nitrogen and oxygen atoms in total. The summed E-state index contributed by atoms with van der Waals surface area (Å²) in [7, 11) is 0. The Morgan fingerprint density at radius 3 is 1.97 bits per heavy atom. The number of fused-ring (bicyclic) bond motifs is 1. The molecule has 1 aromatic carbocycles. The Bertz CT molecular complexity index is 2210. The number of carbonyl (C=O) groups is 12. The number of hydrogen-bond acceptors (Lipinski definition) is 12. The van der Waals surface area contributed by atoms with Gasteiger partial charge in [0, 0.05) is 42.9 Å². The van der Waals surface area contributed by atoms with Crippen molar-refractivity contribution in [2.24, 2.45) is 28.9 Å². The molecular weight excluding hydrogens is 855 g/mol. The number of primary amides is 4. The van der Waals surface area contributed by atoms with E-state index in [1.165, 1.54) is 4.90 Å². The summed E-state index contributed by atoms with van der Waals surface area (Å²) in [5.74, 6) is -10.2. The predicted octanol–water partition coefficient (Wildman–Crippen LogP) is -4.73. The number of imide groups is 1. The van der Waals surface area contributed by atoms with Gasteiger partial charge in [-0.3, -0.25) is 58.1 Å². The first-order valence-corrected chi connectivity index (χ1v) is 20.8. The third-order valence-electron chi connectivity index (χ3n) is 10.8. The van der Waals surface area contributed by atoms with Gasteiger partial charge in [0.25, 0.3) is 5.91 Å². The summed E-state index contributed by atoms with van der Waals surface area (Å²) in [6.07, 6.45) is -0.666. The minimum Gasteiger partial charge on any atom is -0.370 e. The molecule has 65 heavy (non-hydrogen) atoms. The van der Waals surface area contributed by atoms with Gasteiger partial charge in [0.15, 0.2) is 0 Å². The lowest BCUT2D eigenvalue weighted by Gasteiger charge is -2.31. The Balaban J connectivity index is 1.58. The van der Waals surface area contributed by atoms with Gasteiger partial charge in [-0.15, -0.1) is 0 Å². The zero-order valence-electron chi connectivity index (χ0n) is 35.7. The molecule has 4 rings (SSSR count). The fourth-order valence-electron chi connectivity index (χ4n) is 7.39. The van der Waals surface area contributed by atoms with Crippen LogP contribution in [0.25, 0.3) is 10.9 Å². The second-order valence-corrected chi connectivity index (χ2v) is 16.1. The largest absolute Gasteiger partial charge is 0.370 e. The van der Waals surface area contributed by atoms with E-state index in [-0.39, 0.29) is 45.1 Å². The maximum absolute atomic E-state index is 14.6. The highest BCUT2D eigenvalue weighted by molar-refractivity contribution is 6.06. The number of likely N-dealkylation sites (tertiary alicyclic amines) is 1. The highest BCUT2D eigenvalue weighted by Gasteiger charge is 2.41. The molecule has 13 amide bonds. The average molecular weight is 910 g/mol. The molecule has 2 aliphatic rings. The summed E-state index contributed by atoms with van der Waals surface area (Å²) >= 11 is 0. The van der Waals surface area contributed by atoms with Crippen LogP contribution in [0, 0.1) is 5.92 Å². The SMILES string of the molecule is CC(C)[C@H](NC(=O)CC1NC(=O)NC1=O)C(=O)N[C@H](CC(N)=O)C(=O)N[C@@H](Cc1c[nH]c2ccccc12)C(=O)N1CCC[C@H]1C(=O)N[C@@H](CCC(N)=O)C(=O)N[C@@H](CCC(N)=O)C(N)=O. The van der Waals surface area contributed by atoms with Crippen molar-refractivity contribution in [1.29, 1.82) is 0 Å². The first-order valence-electron chi connectivity index (χ1n) is 20.8. The zero-order chi connectivity index (χ0) is 48.1. The molecule has 0 radical (unpaired) electrons.